The van der Waals surface area contributed by atoms with Gasteiger partial charge >= 0.3 is 0 Å². The number of nitrogens with one attached hydrogen (secondary N) is 2. The Morgan fingerprint density at radius 1 is 0.949 bits per heavy atom. The number of rotatable bonds is 12. The van der Waals surface area contributed by atoms with E-state index in [1.807, 2.05) is 12.1 Å². The molecule has 0 spiro atoms. The molecule has 0 atom stereocenters. The summed E-state index contributed by atoms with van der Waals surface area (Å²) in [6.45, 7) is 8.11. The van der Waals surface area contributed by atoms with Crippen LogP contribution < -0.4 is 15.5 Å². The zero-order chi connectivity index (χ0) is 27.7. The van der Waals surface area contributed by atoms with Crippen LogP contribution in [-0.2, 0) is 9.84 Å². The van der Waals surface area contributed by atoms with Gasteiger partial charge in [-0.3, -0.25) is 4.79 Å². The summed E-state index contributed by atoms with van der Waals surface area (Å²) in [5, 5.41) is 6.53. The highest BCUT2D eigenvalue weighted by Crippen LogP contribution is 2.36. The molecule has 39 heavy (non-hydrogen) atoms. The molecule has 2 heterocycles. The third kappa shape index (κ3) is 8.21. The van der Waals surface area contributed by atoms with E-state index in [0.29, 0.717) is 35.9 Å². The van der Waals surface area contributed by atoms with Crippen LogP contribution in [0, 0.1) is 0 Å². The van der Waals surface area contributed by atoms with E-state index in [4.69, 9.17) is 0 Å². The molecular weight excluding hydrogens is 508 g/mol. The van der Waals surface area contributed by atoms with E-state index in [1.54, 1.807) is 6.07 Å². The minimum atomic E-state index is -3.55. The molecule has 2 N–H and O–H groups in total. The molecule has 0 bridgehead atoms. The molecule has 2 aromatic carbocycles. The second-order valence-corrected chi connectivity index (χ2v) is 13.1. The Morgan fingerprint density at radius 3 is 2.33 bits per heavy atom. The molecule has 0 radical (unpaired) electrons. The Hall–Kier alpha value is -2.58. The fourth-order valence-corrected chi connectivity index (χ4v) is 6.73. The Kier molecular flexibility index (Phi) is 10.7. The van der Waals surface area contributed by atoms with E-state index in [2.05, 4.69) is 51.6 Å². The SMILES string of the molecule is CCCCCNC(=O)c1cc(S(C)(=O)=O)c(N2CCC(c3ccccc3)CC2)cc1NCCN1CCCCC1. The minimum absolute atomic E-state index is 0.217. The maximum atomic E-state index is 13.3. The van der Waals surface area contributed by atoms with Crippen LogP contribution in [-0.4, -0.2) is 71.3 Å². The second-order valence-electron chi connectivity index (χ2n) is 11.1. The van der Waals surface area contributed by atoms with Crippen molar-refractivity contribution in [1.82, 2.24) is 10.2 Å². The molecule has 0 unspecified atom stereocenters. The van der Waals surface area contributed by atoms with Gasteiger partial charge in [-0.05, 0) is 68.8 Å². The highest BCUT2D eigenvalue weighted by molar-refractivity contribution is 7.90. The summed E-state index contributed by atoms with van der Waals surface area (Å²) in [4.78, 5) is 18.2. The van der Waals surface area contributed by atoms with Crippen molar-refractivity contribution in [3.63, 3.8) is 0 Å². The smallest absolute Gasteiger partial charge is 0.253 e. The molecule has 214 valence electrons. The Labute approximate surface area is 235 Å². The topological polar surface area (TPSA) is 81.8 Å². The molecule has 7 nitrogen and oxygen atoms in total. The van der Waals surface area contributed by atoms with Gasteiger partial charge in [-0.25, -0.2) is 8.42 Å². The Morgan fingerprint density at radius 2 is 1.67 bits per heavy atom. The highest BCUT2D eigenvalue weighted by atomic mass is 32.2. The maximum Gasteiger partial charge on any atom is 0.253 e. The predicted octanol–water partition coefficient (Wildman–Crippen LogP) is 5.29. The van der Waals surface area contributed by atoms with E-state index in [9.17, 15) is 13.2 Å². The number of carbonyl (C=O) groups is 1. The highest BCUT2D eigenvalue weighted by Gasteiger charge is 2.27. The van der Waals surface area contributed by atoms with Crippen molar-refractivity contribution < 1.29 is 13.2 Å². The van der Waals surface area contributed by atoms with Gasteiger partial charge in [0.15, 0.2) is 9.84 Å². The molecule has 0 aliphatic carbocycles. The van der Waals surface area contributed by atoms with E-state index in [1.165, 1.54) is 31.1 Å². The summed E-state index contributed by atoms with van der Waals surface area (Å²) in [5.74, 6) is 0.255. The van der Waals surface area contributed by atoms with Crippen LogP contribution in [0.1, 0.15) is 80.1 Å². The first-order valence-corrected chi connectivity index (χ1v) is 16.7. The number of benzene rings is 2. The largest absolute Gasteiger partial charge is 0.383 e. The molecule has 2 aliphatic rings. The summed E-state index contributed by atoms with van der Waals surface area (Å²) >= 11 is 0. The molecule has 2 fully saturated rings. The van der Waals surface area contributed by atoms with Crippen molar-refractivity contribution in [2.24, 2.45) is 0 Å². The summed E-state index contributed by atoms with van der Waals surface area (Å²) in [7, 11) is -3.55. The fourth-order valence-electron chi connectivity index (χ4n) is 5.83. The first kappa shape index (κ1) is 29.4. The van der Waals surface area contributed by atoms with Gasteiger partial charge in [0.2, 0.25) is 0 Å². The van der Waals surface area contributed by atoms with Gasteiger partial charge < -0.3 is 20.4 Å². The number of carbonyl (C=O) groups excluding carboxylic acids is 1. The zero-order valence-electron chi connectivity index (χ0n) is 23.8. The first-order chi connectivity index (χ1) is 18.9. The van der Waals surface area contributed by atoms with Crippen molar-refractivity contribution in [2.75, 3.05) is 62.3 Å². The molecule has 1 amide bonds. The number of likely N-dealkylation sites (tertiary alicyclic amines) is 1. The lowest BCUT2D eigenvalue weighted by Crippen LogP contribution is -2.35. The Bertz CT molecular complexity index is 1170. The minimum Gasteiger partial charge on any atom is -0.383 e. The number of nitrogens with zero attached hydrogens (tertiary/aromatic N) is 2. The monoisotopic (exact) mass is 554 g/mol. The van der Waals surface area contributed by atoms with Gasteiger partial charge in [-0.1, -0.05) is 56.5 Å². The number of anilines is 2. The summed E-state index contributed by atoms with van der Waals surface area (Å²) in [6, 6.07) is 14.1. The summed E-state index contributed by atoms with van der Waals surface area (Å²) < 4.78 is 26.0. The number of sulfone groups is 1. The molecule has 2 saturated heterocycles. The van der Waals surface area contributed by atoms with Crippen LogP contribution in [0.5, 0.6) is 0 Å². The van der Waals surface area contributed by atoms with Crippen LogP contribution in [0.3, 0.4) is 0 Å². The van der Waals surface area contributed by atoms with E-state index < -0.39 is 9.84 Å². The average molecular weight is 555 g/mol. The maximum absolute atomic E-state index is 13.3. The quantitative estimate of drug-likeness (QED) is 0.347. The van der Waals surface area contributed by atoms with Crippen LogP contribution in [0.25, 0.3) is 0 Å². The molecule has 2 aromatic rings. The van der Waals surface area contributed by atoms with Gasteiger partial charge in [0, 0.05) is 44.7 Å². The van der Waals surface area contributed by atoms with Gasteiger partial charge in [0.25, 0.3) is 5.91 Å². The molecule has 0 aromatic heterocycles. The summed E-state index contributed by atoms with van der Waals surface area (Å²) in [5.41, 5.74) is 3.17. The normalized spacial score (nSPS) is 17.2. The molecule has 4 rings (SSSR count). The molecular formula is C31H46N4O3S. The van der Waals surface area contributed by atoms with Gasteiger partial charge in [0.05, 0.1) is 16.1 Å². The van der Waals surface area contributed by atoms with E-state index in [0.717, 1.165) is 64.8 Å². The van der Waals surface area contributed by atoms with Crippen LogP contribution in [0.4, 0.5) is 11.4 Å². The first-order valence-electron chi connectivity index (χ1n) is 14.8. The number of hydrogen-bond donors (Lipinski definition) is 2. The summed E-state index contributed by atoms with van der Waals surface area (Å²) in [6.07, 6.45) is 9.97. The van der Waals surface area contributed by atoms with Crippen molar-refractivity contribution in [3.8, 4) is 0 Å². The van der Waals surface area contributed by atoms with Gasteiger partial charge in [-0.2, -0.15) is 0 Å². The average Bonchev–Trinajstić information content (AvgIpc) is 2.95. The number of unbranched alkanes of at least 4 members (excludes halogenated alkanes) is 2. The van der Waals surface area contributed by atoms with E-state index >= 15 is 0 Å². The predicted molar refractivity (Wildman–Crippen MR) is 161 cm³/mol. The molecule has 8 heteroatoms. The van der Waals surface area contributed by atoms with Crippen LogP contribution in [0.15, 0.2) is 47.4 Å². The lowest BCUT2D eigenvalue weighted by molar-refractivity contribution is 0.0953. The van der Waals surface area contributed by atoms with Gasteiger partial charge in [-0.15, -0.1) is 0 Å². The lowest BCUT2D eigenvalue weighted by atomic mass is 9.89. The molecule has 0 saturated carbocycles. The van der Waals surface area contributed by atoms with Gasteiger partial charge in [0.1, 0.15) is 0 Å². The Balaban J connectivity index is 1.58. The zero-order valence-corrected chi connectivity index (χ0v) is 24.6. The van der Waals surface area contributed by atoms with Crippen molar-refractivity contribution in [2.45, 2.75) is 69.1 Å². The van der Waals surface area contributed by atoms with E-state index in [-0.39, 0.29) is 10.8 Å². The van der Waals surface area contributed by atoms with Crippen molar-refractivity contribution in [3.05, 3.63) is 53.6 Å². The van der Waals surface area contributed by atoms with Crippen LogP contribution >= 0.6 is 0 Å². The number of hydrogen-bond acceptors (Lipinski definition) is 6. The molecule has 2 aliphatic heterocycles. The standard InChI is InChI=1S/C31H46N4O3S/c1-3-4-9-16-33-31(36)27-23-30(39(2,37)38)29(24-28(27)32-17-22-34-18-10-6-11-19-34)35-20-14-26(15-21-35)25-12-7-5-8-13-25/h5,7-8,12-13,23-24,26,32H,3-4,6,9-11,14-22H2,1-2H3,(H,33,36). The number of piperidine rings is 2. The fraction of sp³-hybridized carbons (Fsp3) is 0.581. The third-order valence-corrected chi connectivity index (χ3v) is 9.23. The third-order valence-electron chi connectivity index (χ3n) is 8.11. The van der Waals surface area contributed by atoms with Crippen LogP contribution in [0.2, 0.25) is 0 Å². The number of amides is 1. The second kappa shape index (κ2) is 14.2. The lowest BCUT2D eigenvalue weighted by Gasteiger charge is -2.35. The van der Waals surface area contributed by atoms with Crippen molar-refractivity contribution in [1.29, 1.82) is 0 Å². The van der Waals surface area contributed by atoms with Crippen molar-refractivity contribution >= 4 is 27.1 Å².